The minimum absolute atomic E-state index is 0.198. The van der Waals surface area contributed by atoms with E-state index in [2.05, 4.69) is 5.32 Å². The van der Waals surface area contributed by atoms with Crippen LogP contribution < -0.4 is 5.32 Å². The first kappa shape index (κ1) is 18.3. The molecule has 0 unspecified atom stereocenters. The Kier molecular flexibility index (Phi) is 5.94. The summed E-state index contributed by atoms with van der Waals surface area (Å²) in [5.74, 6) is 0.288. The van der Waals surface area contributed by atoms with E-state index < -0.39 is 5.97 Å². The number of aryl methyl sites for hydroxylation is 1. The van der Waals surface area contributed by atoms with E-state index in [4.69, 9.17) is 9.15 Å². The summed E-state index contributed by atoms with van der Waals surface area (Å²) in [7, 11) is 1.61. The third-order valence-electron chi connectivity index (χ3n) is 3.38. The molecular weight excluding hydrogens is 324 g/mol. The molecule has 25 heavy (non-hydrogen) atoms. The molecule has 7 nitrogen and oxygen atoms in total. The topological polar surface area (TPSA) is 88.8 Å². The predicted molar refractivity (Wildman–Crippen MR) is 90.9 cm³/mol. The van der Waals surface area contributed by atoms with Crippen molar-refractivity contribution in [1.82, 2.24) is 4.90 Å². The number of nitrogens with one attached hydrogen (secondary N) is 1. The van der Waals surface area contributed by atoms with Crippen molar-refractivity contribution in [3.05, 3.63) is 53.5 Å². The van der Waals surface area contributed by atoms with Crippen LogP contribution in [0.3, 0.4) is 0 Å². The van der Waals surface area contributed by atoms with Gasteiger partial charge in [0.05, 0.1) is 12.1 Å². The summed E-state index contributed by atoms with van der Waals surface area (Å²) in [6.07, 6.45) is 0. The van der Waals surface area contributed by atoms with Crippen molar-refractivity contribution < 1.29 is 23.5 Å². The Bertz CT molecular complexity index is 764. The van der Waals surface area contributed by atoms with Crippen LogP contribution in [0.25, 0.3) is 0 Å². The quantitative estimate of drug-likeness (QED) is 0.813. The second kappa shape index (κ2) is 8.14. The number of likely N-dealkylation sites (N-methyl/N-ethyl adjacent to an activating group) is 1. The smallest absolute Gasteiger partial charge is 0.338 e. The molecule has 1 aromatic carbocycles. The molecular formula is C18H20N2O5. The molecule has 0 atom stereocenters. The van der Waals surface area contributed by atoms with E-state index in [-0.39, 0.29) is 18.4 Å². The van der Waals surface area contributed by atoms with E-state index in [1.54, 1.807) is 25.2 Å². The van der Waals surface area contributed by atoms with Crippen LogP contribution in [0.5, 0.6) is 0 Å². The molecule has 132 valence electrons. The molecule has 0 aliphatic rings. The summed E-state index contributed by atoms with van der Waals surface area (Å²) < 4.78 is 10.4. The van der Waals surface area contributed by atoms with Crippen LogP contribution in [-0.2, 0) is 20.9 Å². The zero-order valence-electron chi connectivity index (χ0n) is 14.4. The van der Waals surface area contributed by atoms with Gasteiger partial charge in [0.1, 0.15) is 11.5 Å². The molecule has 0 bridgehead atoms. The van der Waals surface area contributed by atoms with Gasteiger partial charge in [0.25, 0.3) is 5.91 Å². The lowest BCUT2D eigenvalue weighted by molar-refractivity contribution is -0.134. The zero-order valence-corrected chi connectivity index (χ0v) is 14.4. The van der Waals surface area contributed by atoms with Crippen molar-refractivity contribution in [3.8, 4) is 0 Å². The van der Waals surface area contributed by atoms with Crippen LogP contribution in [0.4, 0.5) is 5.69 Å². The fraction of sp³-hybridized carbons (Fsp3) is 0.278. The van der Waals surface area contributed by atoms with Crippen molar-refractivity contribution in [1.29, 1.82) is 0 Å². The molecule has 7 heteroatoms. The van der Waals surface area contributed by atoms with Crippen molar-refractivity contribution in [2.75, 3.05) is 19.0 Å². The Balaban J connectivity index is 1.84. The summed E-state index contributed by atoms with van der Waals surface area (Å²) in [5.41, 5.74) is 0.875. The molecule has 1 N–H and O–H groups in total. The number of nitrogens with zero attached hydrogens (tertiary/aromatic N) is 1. The predicted octanol–water partition coefficient (Wildman–Crippen LogP) is 2.36. The van der Waals surface area contributed by atoms with Gasteiger partial charge in [-0.3, -0.25) is 9.59 Å². The minimum Gasteiger partial charge on any atom is -0.464 e. The van der Waals surface area contributed by atoms with Gasteiger partial charge in [0.2, 0.25) is 5.91 Å². The number of carbonyl (C=O) groups excluding carboxylic acids is 3. The number of furan rings is 1. The van der Waals surface area contributed by atoms with Crippen LogP contribution in [-0.4, -0.2) is 36.3 Å². The molecule has 0 fully saturated rings. The van der Waals surface area contributed by atoms with E-state index in [0.29, 0.717) is 23.6 Å². The molecule has 0 saturated heterocycles. The van der Waals surface area contributed by atoms with E-state index >= 15 is 0 Å². The van der Waals surface area contributed by atoms with Crippen molar-refractivity contribution in [2.24, 2.45) is 0 Å². The second-order valence-corrected chi connectivity index (χ2v) is 5.60. The summed E-state index contributed by atoms with van der Waals surface area (Å²) in [6, 6.07) is 9.83. The van der Waals surface area contributed by atoms with E-state index in [1.165, 1.54) is 24.0 Å². The maximum Gasteiger partial charge on any atom is 0.338 e. The Morgan fingerprint density at radius 1 is 1.12 bits per heavy atom. The number of hydrogen-bond acceptors (Lipinski definition) is 5. The van der Waals surface area contributed by atoms with E-state index in [0.717, 1.165) is 5.76 Å². The SMILES string of the molecule is CC(=O)Nc1ccc(C(=O)OCC(=O)N(C)Cc2ccc(C)o2)cc1. The summed E-state index contributed by atoms with van der Waals surface area (Å²) in [5, 5.41) is 2.60. The summed E-state index contributed by atoms with van der Waals surface area (Å²) in [6.45, 7) is 3.16. The number of rotatable bonds is 6. The van der Waals surface area contributed by atoms with Crippen molar-refractivity contribution >= 4 is 23.5 Å². The highest BCUT2D eigenvalue weighted by Crippen LogP contribution is 2.11. The number of anilines is 1. The van der Waals surface area contributed by atoms with Gasteiger partial charge in [-0.15, -0.1) is 0 Å². The normalized spacial score (nSPS) is 10.2. The van der Waals surface area contributed by atoms with E-state index in [9.17, 15) is 14.4 Å². The molecule has 0 aliphatic heterocycles. The van der Waals surface area contributed by atoms with Gasteiger partial charge < -0.3 is 19.4 Å². The summed E-state index contributed by atoms with van der Waals surface area (Å²) >= 11 is 0. The van der Waals surface area contributed by atoms with Gasteiger partial charge >= 0.3 is 5.97 Å². The molecule has 0 saturated carbocycles. The third kappa shape index (κ3) is 5.49. The number of ether oxygens (including phenoxy) is 1. The van der Waals surface area contributed by atoms with Gasteiger partial charge in [-0.1, -0.05) is 0 Å². The van der Waals surface area contributed by atoms with Gasteiger partial charge in [0, 0.05) is 19.7 Å². The fourth-order valence-corrected chi connectivity index (χ4v) is 2.11. The first-order chi connectivity index (χ1) is 11.8. The Hall–Kier alpha value is -3.09. The van der Waals surface area contributed by atoms with Gasteiger partial charge in [-0.2, -0.15) is 0 Å². The fourth-order valence-electron chi connectivity index (χ4n) is 2.11. The number of hydrogen-bond donors (Lipinski definition) is 1. The Morgan fingerprint density at radius 3 is 2.36 bits per heavy atom. The van der Waals surface area contributed by atoms with Crippen LogP contribution in [0, 0.1) is 6.92 Å². The average molecular weight is 344 g/mol. The van der Waals surface area contributed by atoms with Gasteiger partial charge in [-0.05, 0) is 43.3 Å². The number of carbonyl (C=O) groups is 3. The first-order valence-corrected chi connectivity index (χ1v) is 7.69. The largest absolute Gasteiger partial charge is 0.464 e. The maximum absolute atomic E-state index is 12.0. The average Bonchev–Trinajstić information content (AvgIpc) is 2.97. The lowest BCUT2D eigenvalue weighted by Crippen LogP contribution is -2.30. The summed E-state index contributed by atoms with van der Waals surface area (Å²) in [4.78, 5) is 36.4. The minimum atomic E-state index is -0.607. The maximum atomic E-state index is 12.0. The zero-order chi connectivity index (χ0) is 18.4. The monoisotopic (exact) mass is 344 g/mol. The van der Waals surface area contributed by atoms with Gasteiger partial charge in [-0.25, -0.2) is 4.79 Å². The van der Waals surface area contributed by atoms with Crippen LogP contribution in [0.1, 0.15) is 28.8 Å². The third-order valence-corrected chi connectivity index (χ3v) is 3.38. The molecule has 0 spiro atoms. The van der Waals surface area contributed by atoms with Crippen molar-refractivity contribution in [2.45, 2.75) is 20.4 Å². The molecule has 0 aliphatic carbocycles. The highest BCUT2D eigenvalue weighted by atomic mass is 16.5. The lowest BCUT2D eigenvalue weighted by atomic mass is 10.2. The van der Waals surface area contributed by atoms with Crippen LogP contribution >= 0.6 is 0 Å². The van der Waals surface area contributed by atoms with Crippen LogP contribution in [0.15, 0.2) is 40.8 Å². The van der Waals surface area contributed by atoms with Gasteiger partial charge in [0.15, 0.2) is 6.61 Å². The number of amides is 2. The first-order valence-electron chi connectivity index (χ1n) is 7.69. The second-order valence-electron chi connectivity index (χ2n) is 5.60. The van der Waals surface area contributed by atoms with Crippen molar-refractivity contribution in [3.63, 3.8) is 0 Å². The molecule has 2 aromatic rings. The highest BCUT2D eigenvalue weighted by molar-refractivity contribution is 5.93. The molecule has 2 rings (SSSR count). The Labute approximate surface area is 145 Å². The molecule has 2 amide bonds. The molecule has 0 radical (unpaired) electrons. The Morgan fingerprint density at radius 2 is 1.80 bits per heavy atom. The number of esters is 1. The molecule has 1 aromatic heterocycles. The van der Waals surface area contributed by atoms with E-state index in [1.807, 2.05) is 13.0 Å². The van der Waals surface area contributed by atoms with Crippen LogP contribution in [0.2, 0.25) is 0 Å². The highest BCUT2D eigenvalue weighted by Gasteiger charge is 2.15. The number of benzene rings is 1. The standard InChI is InChI=1S/C18H20N2O5/c1-12-4-9-16(25-12)10-20(3)17(22)11-24-18(23)14-5-7-15(8-6-14)19-13(2)21/h4-9H,10-11H2,1-3H3,(H,19,21). The lowest BCUT2D eigenvalue weighted by Gasteiger charge is -2.15. The molecule has 1 heterocycles.